The number of thiazole rings is 1. The smallest absolute Gasteiger partial charge is 0.252 e. The first-order chi connectivity index (χ1) is 13.2. The SMILES string of the molecule is CCc1cccc2sc(N(CC3CCCO3)C(=O)/C=C/c3cccs3)nc12. The average molecular weight is 399 g/mol. The molecule has 0 spiro atoms. The van der Waals surface area contributed by atoms with Gasteiger partial charge in [0.1, 0.15) is 0 Å². The van der Waals surface area contributed by atoms with E-state index in [1.807, 2.05) is 23.6 Å². The summed E-state index contributed by atoms with van der Waals surface area (Å²) in [5.41, 5.74) is 2.22. The van der Waals surface area contributed by atoms with E-state index in [2.05, 4.69) is 25.1 Å². The van der Waals surface area contributed by atoms with Gasteiger partial charge in [0.2, 0.25) is 0 Å². The third-order valence-corrected chi connectivity index (χ3v) is 6.59. The number of benzene rings is 1. The van der Waals surface area contributed by atoms with Crippen LogP contribution in [0, 0.1) is 0 Å². The lowest BCUT2D eigenvalue weighted by molar-refractivity contribution is -0.114. The zero-order valence-electron chi connectivity index (χ0n) is 15.3. The average Bonchev–Trinajstić information content (AvgIpc) is 3.45. The second kappa shape index (κ2) is 8.33. The van der Waals surface area contributed by atoms with Crippen molar-refractivity contribution in [3.05, 3.63) is 52.2 Å². The molecule has 6 heteroatoms. The van der Waals surface area contributed by atoms with E-state index in [1.54, 1.807) is 33.6 Å². The summed E-state index contributed by atoms with van der Waals surface area (Å²) in [7, 11) is 0. The molecule has 4 rings (SSSR count). The predicted octanol–water partition coefficient (Wildman–Crippen LogP) is 5.15. The fourth-order valence-corrected chi connectivity index (χ4v) is 4.92. The number of rotatable bonds is 6. The van der Waals surface area contributed by atoms with Gasteiger partial charge in [0.05, 0.1) is 22.9 Å². The molecule has 1 unspecified atom stereocenters. The number of para-hydroxylation sites is 1. The van der Waals surface area contributed by atoms with Gasteiger partial charge in [-0.3, -0.25) is 9.69 Å². The highest BCUT2D eigenvalue weighted by molar-refractivity contribution is 7.22. The number of carbonyl (C=O) groups excluding carboxylic acids is 1. The highest BCUT2D eigenvalue weighted by atomic mass is 32.1. The van der Waals surface area contributed by atoms with Crippen LogP contribution in [0.15, 0.2) is 41.8 Å². The number of aromatic nitrogens is 1. The molecule has 1 aliphatic rings. The van der Waals surface area contributed by atoms with Crippen LogP contribution in [0.1, 0.15) is 30.2 Å². The van der Waals surface area contributed by atoms with Crippen molar-refractivity contribution in [1.82, 2.24) is 4.98 Å². The normalized spacial score (nSPS) is 17.1. The Morgan fingerprint density at radius 2 is 2.30 bits per heavy atom. The molecule has 140 valence electrons. The van der Waals surface area contributed by atoms with E-state index in [4.69, 9.17) is 9.72 Å². The van der Waals surface area contributed by atoms with Gasteiger partial charge in [0, 0.05) is 17.6 Å². The summed E-state index contributed by atoms with van der Waals surface area (Å²) in [4.78, 5) is 20.7. The van der Waals surface area contributed by atoms with Gasteiger partial charge >= 0.3 is 0 Å². The summed E-state index contributed by atoms with van der Waals surface area (Å²) >= 11 is 3.20. The number of thiophene rings is 1. The number of hydrogen-bond acceptors (Lipinski definition) is 5. The van der Waals surface area contributed by atoms with Crippen LogP contribution in [0.2, 0.25) is 0 Å². The Morgan fingerprint density at radius 3 is 3.04 bits per heavy atom. The van der Waals surface area contributed by atoms with Gasteiger partial charge in [0.15, 0.2) is 5.13 Å². The number of aryl methyl sites for hydroxylation is 1. The fourth-order valence-electron chi connectivity index (χ4n) is 3.28. The maximum atomic E-state index is 13.0. The number of hydrogen-bond donors (Lipinski definition) is 0. The van der Waals surface area contributed by atoms with E-state index < -0.39 is 0 Å². The van der Waals surface area contributed by atoms with Crippen LogP contribution < -0.4 is 4.90 Å². The standard InChI is InChI=1S/C21H22N2O2S2/c1-2-15-6-3-9-18-20(15)22-21(27-18)23(14-16-7-4-12-25-16)19(24)11-10-17-8-5-13-26-17/h3,5-6,8-11,13,16H,2,4,7,12,14H2,1H3/b11-10+. The Morgan fingerprint density at radius 1 is 1.37 bits per heavy atom. The van der Waals surface area contributed by atoms with E-state index in [1.165, 1.54) is 5.56 Å². The van der Waals surface area contributed by atoms with Crippen molar-refractivity contribution in [2.24, 2.45) is 0 Å². The first-order valence-electron chi connectivity index (χ1n) is 9.27. The molecule has 1 fully saturated rings. The van der Waals surface area contributed by atoms with E-state index in [0.717, 1.165) is 46.1 Å². The second-order valence-electron chi connectivity index (χ2n) is 6.55. The fraction of sp³-hybridized carbons (Fsp3) is 0.333. The highest BCUT2D eigenvalue weighted by Crippen LogP contribution is 2.32. The second-order valence-corrected chi connectivity index (χ2v) is 8.53. The summed E-state index contributed by atoms with van der Waals surface area (Å²) in [6, 6.07) is 10.2. The third kappa shape index (κ3) is 4.13. The lowest BCUT2D eigenvalue weighted by Crippen LogP contribution is -2.36. The number of fused-ring (bicyclic) bond motifs is 1. The van der Waals surface area contributed by atoms with Crippen molar-refractivity contribution in [3.63, 3.8) is 0 Å². The Bertz CT molecular complexity index is 940. The summed E-state index contributed by atoms with van der Waals surface area (Å²) < 4.78 is 6.91. The van der Waals surface area contributed by atoms with Crippen LogP contribution in [0.3, 0.4) is 0 Å². The number of carbonyl (C=O) groups is 1. The summed E-state index contributed by atoms with van der Waals surface area (Å²) in [6.07, 6.45) is 6.58. The van der Waals surface area contributed by atoms with Crippen LogP contribution >= 0.6 is 22.7 Å². The molecule has 1 amide bonds. The molecule has 0 N–H and O–H groups in total. The van der Waals surface area contributed by atoms with Crippen LogP contribution in [0.5, 0.6) is 0 Å². The molecule has 4 nitrogen and oxygen atoms in total. The molecule has 0 saturated carbocycles. The van der Waals surface area contributed by atoms with Crippen molar-refractivity contribution >= 4 is 50.0 Å². The molecule has 2 aromatic heterocycles. The van der Waals surface area contributed by atoms with Crippen molar-refractivity contribution in [2.75, 3.05) is 18.1 Å². The zero-order valence-corrected chi connectivity index (χ0v) is 16.9. The molecular formula is C21H22N2O2S2. The number of anilines is 1. The first kappa shape index (κ1) is 18.3. The van der Waals surface area contributed by atoms with Gasteiger partial charge in [-0.2, -0.15) is 0 Å². The minimum Gasteiger partial charge on any atom is -0.376 e. The number of ether oxygens (including phenoxy) is 1. The van der Waals surface area contributed by atoms with E-state index in [-0.39, 0.29) is 12.0 Å². The van der Waals surface area contributed by atoms with Crippen LogP contribution in [0.25, 0.3) is 16.3 Å². The molecule has 1 aromatic carbocycles. The molecule has 0 aliphatic carbocycles. The van der Waals surface area contributed by atoms with Crippen LogP contribution in [-0.4, -0.2) is 30.1 Å². The Kier molecular flexibility index (Phi) is 5.66. The highest BCUT2D eigenvalue weighted by Gasteiger charge is 2.25. The molecule has 1 aliphatic heterocycles. The Labute approximate surface area is 167 Å². The Hall–Kier alpha value is -2.02. The van der Waals surface area contributed by atoms with Gasteiger partial charge in [-0.1, -0.05) is 36.5 Å². The maximum Gasteiger partial charge on any atom is 0.252 e. The predicted molar refractivity (Wildman–Crippen MR) is 114 cm³/mol. The van der Waals surface area contributed by atoms with Crippen molar-refractivity contribution < 1.29 is 9.53 Å². The van der Waals surface area contributed by atoms with Gasteiger partial charge in [0.25, 0.3) is 5.91 Å². The monoisotopic (exact) mass is 398 g/mol. The molecule has 0 bridgehead atoms. The summed E-state index contributed by atoms with van der Waals surface area (Å²) in [5, 5.41) is 2.76. The maximum absolute atomic E-state index is 13.0. The van der Waals surface area contributed by atoms with Crippen molar-refractivity contribution in [1.29, 1.82) is 0 Å². The first-order valence-corrected chi connectivity index (χ1v) is 11.0. The molecule has 3 heterocycles. The molecule has 27 heavy (non-hydrogen) atoms. The van der Waals surface area contributed by atoms with Crippen molar-refractivity contribution in [2.45, 2.75) is 32.3 Å². The van der Waals surface area contributed by atoms with Gasteiger partial charge in [-0.15, -0.1) is 11.3 Å². The van der Waals surface area contributed by atoms with Gasteiger partial charge < -0.3 is 4.74 Å². The quantitative estimate of drug-likeness (QED) is 0.540. The summed E-state index contributed by atoms with van der Waals surface area (Å²) in [6.45, 7) is 3.46. The number of amides is 1. The van der Waals surface area contributed by atoms with Crippen molar-refractivity contribution in [3.8, 4) is 0 Å². The molecule has 3 aromatic rings. The van der Waals surface area contributed by atoms with E-state index in [0.29, 0.717) is 6.54 Å². The third-order valence-electron chi connectivity index (χ3n) is 4.71. The van der Waals surface area contributed by atoms with Crippen LogP contribution in [-0.2, 0) is 16.0 Å². The number of nitrogens with zero attached hydrogens (tertiary/aromatic N) is 2. The van der Waals surface area contributed by atoms with Gasteiger partial charge in [-0.25, -0.2) is 4.98 Å². The van der Waals surface area contributed by atoms with Gasteiger partial charge in [-0.05, 0) is 48.4 Å². The molecule has 1 atom stereocenters. The molecular weight excluding hydrogens is 376 g/mol. The topological polar surface area (TPSA) is 42.4 Å². The molecule has 1 saturated heterocycles. The van der Waals surface area contributed by atoms with E-state index >= 15 is 0 Å². The Balaban J connectivity index is 1.65. The molecule has 0 radical (unpaired) electrons. The lowest BCUT2D eigenvalue weighted by Gasteiger charge is -2.21. The lowest BCUT2D eigenvalue weighted by atomic mass is 10.1. The summed E-state index contributed by atoms with van der Waals surface area (Å²) in [5.74, 6) is -0.0454. The van der Waals surface area contributed by atoms with Crippen LogP contribution in [0.4, 0.5) is 5.13 Å². The largest absolute Gasteiger partial charge is 0.376 e. The minimum atomic E-state index is -0.0454. The zero-order chi connectivity index (χ0) is 18.6. The van der Waals surface area contributed by atoms with E-state index in [9.17, 15) is 4.79 Å². The minimum absolute atomic E-state index is 0.0454.